The molecule has 0 unspecified atom stereocenters. The average Bonchev–Trinajstić information content (AvgIpc) is 2.73. The topological polar surface area (TPSA) is 48.7 Å². The van der Waals surface area contributed by atoms with Gasteiger partial charge in [-0.05, 0) is 58.5 Å². The fraction of sp³-hybridized carbons (Fsp3) is 0.0870. The van der Waals surface area contributed by atoms with E-state index in [0.717, 1.165) is 14.7 Å². The van der Waals surface area contributed by atoms with Gasteiger partial charge in [0.15, 0.2) is 5.76 Å². The lowest BCUT2D eigenvalue weighted by Gasteiger charge is -2.12. The van der Waals surface area contributed by atoms with Gasteiger partial charge in [-0.1, -0.05) is 42.5 Å². The monoisotopic (exact) mass is 484 g/mol. The number of methoxy groups -OCH3 is 1. The number of hydrogen-bond acceptors (Lipinski definition) is 4. The molecule has 28 heavy (non-hydrogen) atoms. The van der Waals surface area contributed by atoms with E-state index < -0.39 is 0 Å². The summed E-state index contributed by atoms with van der Waals surface area (Å²) in [4.78, 5) is 13.2. The Bertz CT molecular complexity index is 1180. The van der Waals surface area contributed by atoms with Gasteiger partial charge in [-0.2, -0.15) is 0 Å². The molecule has 0 saturated carbocycles. The minimum atomic E-state index is -0.189. The molecular weight excluding hydrogens is 467 g/mol. The van der Waals surface area contributed by atoms with Crippen molar-refractivity contribution in [2.45, 2.75) is 6.61 Å². The van der Waals surface area contributed by atoms with Gasteiger partial charge in [0.1, 0.15) is 17.9 Å². The minimum absolute atomic E-state index is 0.189. The van der Waals surface area contributed by atoms with Gasteiger partial charge < -0.3 is 13.9 Å². The molecule has 0 saturated heterocycles. The van der Waals surface area contributed by atoms with Crippen molar-refractivity contribution in [3.63, 3.8) is 0 Å². The molecule has 5 heteroatoms. The van der Waals surface area contributed by atoms with Crippen molar-refractivity contribution in [3.8, 4) is 22.8 Å². The Balaban J connectivity index is 1.88. The van der Waals surface area contributed by atoms with Crippen LogP contribution in [0.5, 0.6) is 11.5 Å². The van der Waals surface area contributed by atoms with E-state index in [1.807, 2.05) is 66.7 Å². The third-order valence-corrected chi connectivity index (χ3v) is 5.04. The summed E-state index contributed by atoms with van der Waals surface area (Å²) in [6.07, 6.45) is 0. The molecule has 0 aliphatic carbocycles. The largest absolute Gasteiger partial charge is 0.497 e. The van der Waals surface area contributed by atoms with E-state index >= 15 is 0 Å². The van der Waals surface area contributed by atoms with Crippen LogP contribution in [0.1, 0.15) is 5.56 Å². The lowest BCUT2D eigenvalue weighted by molar-refractivity contribution is 0.298. The van der Waals surface area contributed by atoms with Crippen LogP contribution in [0.3, 0.4) is 0 Å². The van der Waals surface area contributed by atoms with E-state index in [-0.39, 0.29) is 17.8 Å². The van der Waals surface area contributed by atoms with Crippen molar-refractivity contribution in [2.75, 3.05) is 7.11 Å². The Kier molecular flexibility index (Phi) is 5.34. The smallest absolute Gasteiger partial charge is 0.235 e. The number of ether oxygens (including phenoxy) is 2. The van der Waals surface area contributed by atoms with Crippen LogP contribution in [0, 0.1) is 3.57 Å². The summed E-state index contributed by atoms with van der Waals surface area (Å²) in [5, 5.41) is 0.495. The summed E-state index contributed by atoms with van der Waals surface area (Å²) in [5.74, 6) is 1.28. The molecule has 0 fully saturated rings. The van der Waals surface area contributed by atoms with Crippen LogP contribution in [-0.4, -0.2) is 7.11 Å². The summed E-state index contributed by atoms with van der Waals surface area (Å²) in [6.45, 7) is 0.276. The molecule has 4 nitrogen and oxygen atoms in total. The average molecular weight is 484 g/mol. The maximum Gasteiger partial charge on any atom is 0.235 e. The second-order valence-electron chi connectivity index (χ2n) is 6.24. The standard InChI is InChI=1S/C23H17IO4/c1-26-18-9-5-8-16(12-18)22-23(27-14-15-6-3-2-4-7-15)21(25)19-11-10-17(24)13-20(19)28-22/h2-13H,14H2,1H3. The zero-order chi connectivity index (χ0) is 19.5. The molecule has 0 aliphatic rings. The van der Waals surface area contributed by atoms with Gasteiger partial charge in [-0.15, -0.1) is 0 Å². The molecule has 1 aromatic heterocycles. The van der Waals surface area contributed by atoms with Gasteiger partial charge in [0.25, 0.3) is 0 Å². The highest BCUT2D eigenvalue weighted by atomic mass is 127. The molecule has 0 spiro atoms. The SMILES string of the molecule is COc1cccc(-c2oc3cc(I)ccc3c(=O)c2OCc2ccccc2)c1. The van der Waals surface area contributed by atoms with E-state index in [2.05, 4.69) is 22.6 Å². The molecule has 0 bridgehead atoms. The van der Waals surface area contributed by atoms with Crippen LogP contribution in [0.2, 0.25) is 0 Å². The highest BCUT2D eigenvalue weighted by Crippen LogP contribution is 2.33. The Morgan fingerprint density at radius 3 is 2.57 bits per heavy atom. The summed E-state index contributed by atoms with van der Waals surface area (Å²) >= 11 is 2.20. The molecule has 0 radical (unpaired) electrons. The first kappa shape index (κ1) is 18.6. The first-order valence-electron chi connectivity index (χ1n) is 8.73. The van der Waals surface area contributed by atoms with Gasteiger partial charge in [-0.25, -0.2) is 0 Å². The maximum atomic E-state index is 13.2. The third-order valence-electron chi connectivity index (χ3n) is 4.37. The number of rotatable bonds is 5. The summed E-state index contributed by atoms with van der Waals surface area (Å²) in [6, 6.07) is 22.6. The van der Waals surface area contributed by atoms with Crippen molar-refractivity contribution in [1.82, 2.24) is 0 Å². The Hall–Kier alpha value is -2.80. The highest BCUT2D eigenvalue weighted by molar-refractivity contribution is 14.1. The summed E-state index contributed by atoms with van der Waals surface area (Å²) in [5.41, 5.74) is 2.04. The Labute approximate surface area is 175 Å². The first-order valence-corrected chi connectivity index (χ1v) is 9.81. The van der Waals surface area contributed by atoms with Crippen molar-refractivity contribution >= 4 is 33.6 Å². The van der Waals surface area contributed by atoms with Gasteiger partial charge in [-0.3, -0.25) is 4.79 Å². The maximum absolute atomic E-state index is 13.2. The quantitative estimate of drug-likeness (QED) is 0.344. The normalized spacial score (nSPS) is 10.8. The molecule has 1 heterocycles. The molecule has 0 N–H and O–H groups in total. The molecule has 4 aromatic rings. The van der Waals surface area contributed by atoms with E-state index in [1.54, 1.807) is 13.2 Å². The third kappa shape index (κ3) is 3.75. The number of benzene rings is 3. The van der Waals surface area contributed by atoms with Crippen LogP contribution in [0.25, 0.3) is 22.3 Å². The first-order chi connectivity index (χ1) is 13.7. The van der Waals surface area contributed by atoms with Crippen LogP contribution >= 0.6 is 22.6 Å². The molecule has 0 aliphatic heterocycles. The zero-order valence-electron chi connectivity index (χ0n) is 15.1. The lowest BCUT2D eigenvalue weighted by atomic mass is 10.1. The van der Waals surface area contributed by atoms with Crippen LogP contribution < -0.4 is 14.9 Å². The fourth-order valence-corrected chi connectivity index (χ4v) is 3.43. The number of hydrogen-bond donors (Lipinski definition) is 0. The Morgan fingerprint density at radius 2 is 1.79 bits per heavy atom. The van der Waals surface area contributed by atoms with Crippen molar-refractivity contribution in [2.24, 2.45) is 0 Å². The Morgan fingerprint density at radius 1 is 0.964 bits per heavy atom. The fourth-order valence-electron chi connectivity index (χ4n) is 2.97. The van der Waals surface area contributed by atoms with Crippen molar-refractivity contribution in [3.05, 3.63) is 92.2 Å². The molecule has 4 rings (SSSR count). The van der Waals surface area contributed by atoms with E-state index in [4.69, 9.17) is 13.9 Å². The van der Waals surface area contributed by atoms with Crippen LogP contribution in [0.4, 0.5) is 0 Å². The predicted octanol–water partition coefficient (Wildman–Crippen LogP) is 5.65. The van der Waals surface area contributed by atoms with Crippen molar-refractivity contribution in [1.29, 1.82) is 0 Å². The summed E-state index contributed by atoms with van der Waals surface area (Å²) < 4.78 is 18.4. The van der Waals surface area contributed by atoms with Gasteiger partial charge in [0, 0.05) is 9.13 Å². The second kappa shape index (κ2) is 8.06. The number of halogens is 1. The van der Waals surface area contributed by atoms with E-state index in [1.165, 1.54) is 0 Å². The molecule has 140 valence electrons. The second-order valence-corrected chi connectivity index (χ2v) is 7.48. The molecule has 3 aromatic carbocycles. The highest BCUT2D eigenvalue weighted by Gasteiger charge is 2.18. The number of fused-ring (bicyclic) bond motifs is 1. The lowest BCUT2D eigenvalue weighted by Crippen LogP contribution is -2.10. The summed E-state index contributed by atoms with van der Waals surface area (Å²) in [7, 11) is 1.60. The van der Waals surface area contributed by atoms with Gasteiger partial charge >= 0.3 is 0 Å². The minimum Gasteiger partial charge on any atom is -0.497 e. The van der Waals surface area contributed by atoms with Gasteiger partial charge in [0.2, 0.25) is 11.2 Å². The zero-order valence-corrected chi connectivity index (χ0v) is 17.3. The van der Waals surface area contributed by atoms with Crippen molar-refractivity contribution < 1.29 is 13.9 Å². The molecule has 0 amide bonds. The van der Waals surface area contributed by atoms with Crippen LogP contribution in [-0.2, 0) is 6.61 Å². The van der Waals surface area contributed by atoms with E-state index in [9.17, 15) is 4.79 Å². The van der Waals surface area contributed by atoms with E-state index in [0.29, 0.717) is 22.5 Å². The van der Waals surface area contributed by atoms with Gasteiger partial charge in [0.05, 0.1) is 12.5 Å². The molecular formula is C23H17IO4. The predicted molar refractivity (Wildman–Crippen MR) is 118 cm³/mol. The van der Waals surface area contributed by atoms with Crippen LogP contribution in [0.15, 0.2) is 82.0 Å². The molecule has 0 atom stereocenters.